The van der Waals surface area contributed by atoms with Gasteiger partial charge in [-0.05, 0) is 6.92 Å². The van der Waals surface area contributed by atoms with Gasteiger partial charge in [0, 0.05) is 9.47 Å². The molecule has 1 fully saturated rings. The summed E-state index contributed by atoms with van der Waals surface area (Å²) in [6.07, 6.45) is -0.875. The lowest BCUT2D eigenvalue weighted by Crippen LogP contribution is -2.42. The van der Waals surface area contributed by atoms with Gasteiger partial charge < -0.3 is 19.5 Å². The van der Waals surface area contributed by atoms with Crippen LogP contribution in [0, 0.1) is 0 Å². The summed E-state index contributed by atoms with van der Waals surface area (Å²) in [5.74, 6) is 0. The Hall–Kier alpha value is 0.270. The average Bonchev–Trinajstić information content (AvgIpc) is 2.24. The van der Waals surface area contributed by atoms with Crippen molar-refractivity contribution in [2.24, 2.45) is 0 Å². The summed E-state index contributed by atoms with van der Waals surface area (Å²) in [4.78, 5) is 0. The first-order valence-electron chi connectivity index (χ1n) is 3.42. The Labute approximate surface area is 67.8 Å². The topological polar surface area (TPSA) is 58.9 Å². The van der Waals surface area contributed by atoms with Crippen LogP contribution in [0.25, 0.3) is 0 Å². The summed E-state index contributed by atoms with van der Waals surface area (Å²) in [7, 11) is 2.07. The molecule has 2 N–H and O–H groups in total. The van der Waals surface area contributed by atoms with Gasteiger partial charge in [0.25, 0.3) is 0 Å². The van der Waals surface area contributed by atoms with Gasteiger partial charge in [0.15, 0.2) is 0 Å². The first-order chi connectivity index (χ1) is 5.11. The van der Waals surface area contributed by atoms with E-state index in [-0.39, 0.29) is 13.2 Å². The van der Waals surface area contributed by atoms with Crippen LogP contribution in [-0.4, -0.2) is 41.2 Å². The quantitative estimate of drug-likeness (QED) is 0.552. The highest BCUT2D eigenvalue weighted by molar-refractivity contribution is 7.09. The highest BCUT2D eigenvalue weighted by atomic mass is 31.0. The minimum absolute atomic E-state index is 0.130. The minimum atomic E-state index is -0.991. The molecule has 1 aliphatic heterocycles. The van der Waals surface area contributed by atoms with E-state index in [1.807, 2.05) is 0 Å². The van der Waals surface area contributed by atoms with Gasteiger partial charge in [-0.2, -0.15) is 0 Å². The van der Waals surface area contributed by atoms with Gasteiger partial charge >= 0.3 is 0 Å². The Morgan fingerprint density at radius 2 is 2.45 bits per heavy atom. The van der Waals surface area contributed by atoms with Crippen molar-refractivity contribution in [3.63, 3.8) is 0 Å². The SMILES string of the molecule is C[C@@]1(O)CO[C@H](CO)C1OP. The molecular weight excluding hydrogens is 167 g/mol. The monoisotopic (exact) mass is 180 g/mol. The molecule has 0 aliphatic carbocycles. The Morgan fingerprint density at radius 1 is 1.82 bits per heavy atom. The number of rotatable bonds is 2. The summed E-state index contributed by atoms with van der Waals surface area (Å²) in [5, 5.41) is 18.4. The minimum Gasteiger partial charge on any atom is -0.394 e. The smallest absolute Gasteiger partial charge is 0.120 e. The van der Waals surface area contributed by atoms with E-state index in [4.69, 9.17) is 14.4 Å². The first-order valence-corrected chi connectivity index (χ1v) is 3.89. The third-order valence-electron chi connectivity index (χ3n) is 1.87. The van der Waals surface area contributed by atoms with Gasteiger partial charge in [0.1, 0.15) is 17.8 Å². The van der Waals surface area contributed by atoms with E-state index in [0.717, 1.165) is 0 Å². The number of hydrogen-bond donors (Lipinski definition) is 2. The molecule has 11 heavy (non-hydrogen) atoms. The third kappa shape index (κ3) is 1.71. The van der Waals surface area contributed by atoms with Crippen LogP contribution in [0.15, 0.2) is 0 Å². The zero-order valence-electron chi connectivity index (χ0n) is 6.36. The van der Waals surface area contributed by atoms with E-state index in [2.05, 4.69) is 9.47 Å². The normalized spacial score (nSPS) is 44.7. The molecular formula is C6H13O4P. The van der Waals surface area contributed by atoms with Crippen molar-refractivity contribution >= 4 is 9.47 Å². The first kappa shape index (κ1) is 9.36. The molecule has 0 amide bonds. The molecule has 0 radical (unpaired) electrons. The molecule has 2 unspecified atom stereocenters. The standard InChI is InChI=1S/C6H13O4P/c1-6(8)3-9-4(2-7)5(6)10-11/h4-5,7-8H,2-3,11H2,1H3/t4-,5?,6-/m1/s1. The molecule has 5 heteroatoms. The Morgan fingerprint density at radius 3 is 2.82 bits per heavy atom. The van der Waals surface area contributed by atoms with Gasteiger partial charge in [0.2, 0.25) is 0 Å². The van der Waals surface area contributed by atoms with Crippen molar-refractivity contribution in [1.29, 1.82) is 0 Å². The van der Waals surface area contributed by atoms with Crippen LogP contribution in [0.4, 0.5) is 0 Å². The molecule has 1 rings (SSSR count). The van der Waals surface area contributed by atoms with Crippen LogP contribution >= 0.6 is 9.47 Å². The van der Waals surface area contributed by atoms with E-state index in [9.17, 15) is 5.11 Å². The van der Waals surface area contributed by atoms with E-state index >= 15 is 0 Å². The molecule has 0 aromatic rings. The average molecular weight is 180 g/mol. The van der Waals surface area contributed by atoms with E-state index in [1.165, 1.54) is 0 Å². The molecule has 4 atom stereocenters. The Bertz CT molecular complexity index is 139. The predicted molar refractivity (Wildman–Crippen MR) is 42.0 cm³/mol. The molecule has 4 nitrogen and oxygen atoms in total. The summed E-state index contributed by atoms with van der Waals surface area (Å²) < 4.78 is 9.99. The molecule has 0 bridgehead atoms. The van der Waals surface area contributed by atoms with Gasteiger partial charge in [-0.25, -0.2) is 0 Å². The number of aliphatic hydroxyl groups excluding tert-OH is 1. The molecule has 0 saturated carbocycles. The fourth-order valence-corrected chi connectivity index (χ4v) is 1.70. The van der Waals surface area contributed by atoms with Crippen molar-refractivity contribution in [2.45, 2.75) is 24.7 Å². The summed E-state index contributed by atoms with van der Waals surface area (Å²) in [6, 6.07) is 0. The van der Waals surface area contributed by atoms with Gasteiger partial charge in [-0.15, -0.1) is 0 Å². The lowest BCUT2D eigenvalue weighted by molar-refractivity contribution is -0.0196. The second kappa shape index (κ2) is 3.33. The molecule has 66 valence electrons. The van der Waals surface area contributed by atoms with Crippen LogP contribution in [0.2, 0.25) is 0 Å². The fourth-order valence-electron chi connectivity index (χ4n) is 1.23. The largest absolute Gasteiger partial charge is 0.394 e. The number of aliphatic hydroxyl groups is 2. The second-order valence-corrected chi connectivity index (χ2v) is 3.22. The lowest BCUT2D eigenvalue weighted by atomic mass is 10.00. The summed E-state index contributed by atoms with van der Waals surface area (Å²) in [5.41, 5.74) is -0.991. The molecule has 0 aromatic carbocycles. The maximum atomic E-state index is 9.58. The van der Waals surface area contributed by atoms with E-state index in [0.29, 0.717) is 0 Å². The Balaban J connectivity index is 2.63. The molecule has 1 heterocycles. The van der Waals surface area contributed by atoms with Crippen molar-refractivity contribution in [3.8, 4) is 0 Å². The molecule has 0 aromatic heterocycles. The Kier molecular flexibility index (Phi) is 2.84. The molecule has 1 saturated heterocycles. The van der Waals surface area contributed by atoms with Gasteiger partial charge in [-0.3, -0.25) is 0 Å². The lowest BCUT2D eigenvalue weighted by Gasteiger charge is -2.23. The van der Waals surface area contributed by atoms with Gasteiger partial charge in [-0.1, -0.05) is 0 Å². The second-order valence-electron chi connectivity index (χ2n) is 2.95. The van der Waals surface area contributed by atoms with Crippen LogP contribution in [0.1, 0.15) is 6.92 Å². The summed E-state index contributed by atoms with van der Waals surface area (Å²) >= 11 is 0. The third-order valence-corrected chi connectivity index (χ3v) is 2.16. The highest BCUT2D eigenvalue weighted by Gasteiger charge is 2.45. The van der Waals surface area contributed by atoms with Gasteiger partial charge in [0.05, 0.1) is 13.2 Å². The zero-order chi connectivity index (χ0) is 8.48. The molecule has 0 spiro atoms. The maximum absolute atomic E-state index is 9.58. The fraction of sp³-hybridized carbons (Fsp3) is 1.00. The number of hydrogen-bond acceptors (Lipinski definition) is 4. The van der Waals surface area contributed by atoms with E-state index in [1.54, 1.807) is 6.92 Å². The number of ether oxygens (including phenoxy) is 1. The van der Waals surface area contributed by atoms with Crippen LogP contribution < -0.4 is 0 Å². The van der Waals surface area contributed by atoms with Crippen LogP contribution in [-0.2, 0) is 9.26 Å². The van der Waals surface area contributed by atoms with Crippen LogP contribution in [0.5, 0.6) is 0 Å². The maximum Gasteiger partial charge on any atom is 0.120 e. The van der Waals surface area contributed by atoms with Crippen molar-refractivity contribution in [1.82, 2.24) is 0 Å². The highest BCUT2D eigenvalue weighted by Crippen LogP contribution is 2.28. The zero-order valence-corrected chi connectivity index (χ0v) is 7.51. The summed E-state index contributed by atoms with van der Waals surface area (Å²) in [6.45, 7) is 1.70. The van der Waals surface area contributed by atoms with Crippen molar-refractivity contribution in [3.05, 3.63) is 0 Å². The van der Waals surface area contributed by atoms with Crippen LogP contribution in [0.3, 0.4) is 0 Å². The predicted octanol–water partition coefficient (Wildman–Crippen LogP) is -0.696. The molecule has 1 aliphatic rings. The van der Waals surface area contributed by atoms with Crippen molar-refractivity contribution < 1.29 is 19.5 Å². The van der Waals surface area contributed by atoms with E-state index < -0.39 is 17.8 Å². The van der Waals surface area contributed by atoms with Crippen molar-refractivity contribution in [2.75, 3.05) is 13.2 Å².